The third kappa shape index (κ3) is 5.88. The van der Waals surface area contributed by atoms with Gasteiger partial charge >= 0.3 is 5.97 Å². The highest BCUT2D eigenvalue weighted by molar-refractivity contribution is 7.80. The Morgan fingerprint density at radius 1 is 0.903 bits per heavy atom. The molecule has 0 atom stereocenters. The van der Waals surface area contributed by atoms with Crippen LogP contribution in [0, 0.1) is 0 Å². The fraction of sp³-hybridized carbons (Fsp3) is 0.304. The van der Waals surface area contributed by atoms with Crippen molar-refractivity contribution in [2.45, 2.75) is 25.7 Å². The molecule has 0 spiro atoms. The first kappa shape index (κ1) is 22.4. The molecule has 3 rings (SSSR count). The number of amides is 2. The average Bonchev–Trinajstić information content (AvgIpc) is 3.08. The lowest BCUT2D eigenvalue weighted by Gasteiger charge is -2.22. The molecule has 0 saturated carbocycles. The van der Waals surface area contributed by atoms with Crippen molar-refractivity contribution >= 4 is 40.8 Å². The SMILES string of the molecule is COC(=O)c1ccc(C(=O)NC(=S)Nc2ccccc2C(=O)N2CCCCCC2)cc1. The number of benzene rings is 2. The summed E-state index contributed by atoms with van der Waals surface area (Å²) >= 11 is 5.28. The van der Waals surface area contributed by atoms with Crippen LogP contribution in [0.25, 0.3) is 0 Å². The Kier molecular flexibility index (Phi) is 7.72. The molecule has 2 aromatic rings. The van der Waals surface area contributed by atoms with Gasteiger partial charge in [-0.1, -0.05) is 25.0 Å². The van der Waals surface area contributed by atoms with Crippen LogP contribution >= 0.6 is 12.2 Å². The number of likely N-dealkylation sites (tertiary alicyclic amines) is 1. The predicted molar refractivity (Wildman–Crippen MR) is 122 cm³/mol. The molecule has 162 valence electrons. The molecule has 1 aliphatic heterocycles. The minimum Gasteiger partial charge on any atom is -0.465 e. The Morgan fingerprint density at radius 2 is 1.52 bits per heavy atom. The predicted octanol–water partition coefficient (Wildman–Crippen LogP) is 3.62. The smallest absolute Gasteiger partial charge is 0.337 e. The second kappa shape index (κ2) is 10.7. The minimum absolute atomic E-state index is 0.0440. The van der Waals surface area contributed by atoms with Gasteiger partial charge in [0.1, 0.15) is 0 Å². The largest absolute Gasteiger partial charge is 0.465 e. The van der Waals surface area contributed by atoms with Crippen molar-refractivity contribution in [3.05, 3.63) is 65.2 Å². The number of anilines is 1. The molecule has 1 aliphatic rings. The van der Waals surface area contributed by atoms with E-state index in [1.807, 2.05) is 4.90 Å². The minimum atomic E-state index is -0.477. The molecular weight excluding hydrogens is 414 g/mol. The van der Waals surface area contributed by atoms with Gasteiger partial charge in [-0.2, -0.15) is 0 Å². The molecule has 1 saturated heterocycles. The van der Waals surface area contributed by atoms with Crippen LogP contribution in [0.15, 0.2) is 48.5 Å². The van der Waals surface area contributed by atoms with Crippen LogP contribution in [-0.4, -0.2) is 48.0 Å². The van der Waals surface area contributed by atoms with Crippen LogP contribution < -0.4 is 10.6 Å². The lowest BCUT2D eigenvalue weighted by molar-refractivity contribution is 0.0600. The van der Waals surface area contributed by atoms with Crippen LogP contribution in [0.2, 0.25) is 0 Å². The Bertz CT molecular complexity index is 967. The zero-order valence-electron chi connectivity index (χ0n) is 17.3. The number of nitrogens with one attached hydrogen (secondary N) is 2. The molecule has 0 radical (unpaired) electrons. The molecule has 1 heterocycles. The normalized spacial score (nSPS) is 13.6. The summed E-state index contributed by atoms with van der Waals surface area (Å²) in [4.78, 5) is 38.9. The van der Waals surface area contributed by atoms with Gasteiger partial charge in [0.05, 0.1) is 23.9 Å². The summed E-state index contributed by atoms with van der Waals surface area (Å²) < 4.78 is 4.65. The van der Waals surface area contributed by atoms with Crippen LogP contribution in [0.5, 0.6) is 0 Å². The molecule has 2 N–H and O–H groups in total. The second-order valence-electron chi connectivity index (χ2n) is 7.23. The summed E-state index contributed by atoms with van der Waals surface area (Å²) in [5.74, 6) is -0.947. The molecule has 2 amide bonds. The van der Waals surface area contributed by atoms with Gasteiger partial charge in [0.15, 0.2) is 5.11 Å². The van der Waals surface area contributed by atoms with Crippen LogP contribution in [0.1, 0.15) is 56.8 Å². The van der Waals surface area contributed by atoms with Crippen LogP contribution in [-0.2, 0) is 4.74 Å². The standard InChI is InChI=1S/C23H25N3O4S/c1-30-22(29)17-12-10-16(11-13-17)20(27)25-23(31)24-19-9-5-4-8-18(19)21(28)26-14-6-2-3-7-15-26/h4-5,8-13H,2-3,6-7,14-15H2,1H3,(H2,24,25,27,31). The highest BCUT2D eigenvalue weighted by Crippen LogP contribution is 2.20. The highest BCUT2D eigenvalue weighted by atomic mass is 32.1. The molecule has 2 aromatic carbocycles. The molecule has 0 bridgehead atoms. The van der Waals surface area contributed by atoms with E-state index in [4.69, 9.17) is 12.2 Å². The quantitative estimate of drug-likeness (QED) is 0.559. The molecule has 7 nitrogen and oxygen atoms in total. The number of hydrogen-bond donors (Lipinski definition) is 2. The van der Waals surface area contributed by atoms with E-state index in [0.717, 1.165) is 38.8 Å². The molecule has 0 aromatic heterocycles. The fourth-order valence-corrected chi connectivity index (χ4v) is 3.63. The van der Waals surface area contributed by atoms with Crippen molar-refractivity contribution in [3.63, 3.8) is 0 Å². The maximum atomic E-state index is 13.0. The van der Waals surface area contributed by atoms with Crippen molar-refractivity contribution in [1.29, 1.82) is 0 Å². The van der Waals surface area contributed by atoms with Gasteiger partial charge in [-0.3, -0.25) is 14.9 Å². The lowest BCUT2D eigenvalue weighted by Crippen LogP contribution is -2.36. The summed E-state index contributed by atoms with van der Waals surface area (Å²) in [6.45, 7) is 1.49. The number of ether oxygens (including phenoxy) is 1. The molecule has 0 unspecified atom stereocenters. The van der Waals surface area contributed by atoms with E-state index in [0.29, 0.717) is 22.4 Å². The van der Waals surface area contributed by atoms with E-state index in [1.54, 1.807) is 24.3 Å². The van der Waals surface area contributed by atoms with Gasteiger partial charge in [-0.05, 0) is 61.5 Å². The fourth-order valence-electron chi connectivity index (χ4n) is 3.43. The summed E-state index contributed by atoms with van der Waals surface area (Å²) in [5.41, 5.74) is 1.75. The van der Waals surface area contributed by atoms with E-state index in [2.05, 4.69) is 15.4 Å². The maximum absolute atomic E-state index is 13.0. The summed E-state index contributed by atoms with van der Waals surface area (Å²) in [5, 5.41) is 5.65. The van der Waals surface area contributed by atoms with Crippen LogP contribution in [0.4, 0.5) is 5.69 Å². The topological polar surface area (TPSA) is 87.7 Å². The molecule has 31 heavy (non-hydrogen) atoms. The number of para-hydroxylation sites is 1. The third-order valence-electron chi connectivity index (χ3n) is 5.09. The Balaban J connectivity index is 1.66. The van der Waals surface area contributed by atoms with Gasteiger partial charge in [-0.25, -0.2) is 4.79 Å². The lowest BCUT2D eigenvalue weighted by atomic mass is 10.1. The number of hydrogen-bond acceptors (Lipinski definition) is 5. The number of methoxy groups -OCH3 is 1. The van der Waals surface area contributed by atoms with Crippen molar-refractivity contribution in [3.8, 4) is 0 Å². The highest BCUT2D eigenvalue weighted by Gasteiger charge is 2.20. The summed E-state index contributed by atoms with van der Waals surface area (Å²) in [7, 11) is 1.29. The molecule has 1 fully saturated rings. The second-order valence-corrected chi connectivity index (χ2v) is 7.64. The Morgan fingerprint density at radius 3 is 2.16 bits per heavy atom. The zero-order valence-corrected chi connectivity index (χ0v) is 18.2. The van der Waals surface area contributed by atoms with Gasteiger partial charge < -0.3 is 15.0 Å². The van der Waals surface area contributed by atoms with Gasteiger partial charge in [0.2, 0.25) is 0 Å². The number of esters is 1. The van der Waals surface area contributed by atoms with Crippen molar-refractivity contribution in [1.82, 2.24) is 10.2 Å². The van der Waals surface area contributed by atoms with Gasteiger partial charge in [0.25, 0.3) is 11.8 Å². The monoisotopic (exact) mass is 439 g/mol. The van der Waals surface area contributed by atoms with Gasteiger partial charge in [-0.15, -0.1) is 0 Å². The van der Waals surface area contributed by atoms with Gasteiger partial charge in [0, 0.05) is 18.7 Å². The number of thiocarbonyl (C=S) groups is 1. The first-order valence-electron chi connectivity index (χ1n) is 10.2. The van der Waals surface area contributed by atoms with Crippen LogP contribution in [0.3, 0.4) is 0 Å². The zero-order chi connectivity index (χ0) is 22.2. The van der Waals surface area contributed by atoms with E-state index in [-0.39, 0.29) is 11.0 Å². The van der Waals surface area contributed by atoms with E-state index < -0.39 is 11.9 Å². The van der Waals surface area contributed by atoms with Crippen molar-refractivity contribution in [2.75, 3.05) is 25.5 Å². The number of carbonyl (C=O) groups is 3. The van der Waals surface area contributed by atoms with Crippen molar-refractivity contribution in [2.24, 2.45) is 0 Å². The summed E-state index contributed by atoms with van der Waals surface area (Å²) in [6.07, 6.45) is 4.29. The maximum Gasteiger partial charge on any atom is 0.337 e. The average molecular weight is 440 g/mol. The third-order valence-corrected chi connectivity index (χ3v) is 5.30. The molecular formula is C23H25N3O4S. The van der Waals surface area contributed by atoms with E-state index in [1.165, 1.54) is 31.4 Å². The first-order valence-corrected chi connectivity index (χ1v) is 10.6. The molecule has 0 aliphatic carbocycles. The summed E-state index contributed by atoms with van der Waals surface area (Å²) in [6, 6.07) is 13.2. The Labute approximate surface area is 186 Å². The molecule has 8 heteroatoms. The number of nitrogens with zero attached hydrogens (tertiary/aromatic N) is 1. The number of carbonyl (C=O) groups excluding carboxylic acids is 3. The van der Waals surface area contributed by atoms with Crippen molar-refractivity contribution < 1.29 is 19.1 Å². The number of rotatable bonds is 4. The van der Waals surface area contributed by atoms with E-state index in [9.17, 15) is 14.4 Å². The first-order chi connectivity index (χ1) is 15.0. The Hall–Kier alpha value is -3.26. The van der Waals surface area contributed by atoms with E-state index >= 15 is 0 Å².